The molecule has 0 saturated carbocycles. The summed E-state index contributed by atoms with van der Waals surface area (Å²) in [5.41, 5.74) is 0.910. The summed E-state index contributed by atoms with van der Waals surface area (Å²) >= 11 is 6.42. The summed E-state index contributed by atoms with van der Waals surface area (Å²) in [6, 6.07) is 11.2. The van der Waals surface area contributed by atoms with Gasteiger partial charge in [0, 0.05) is 5.69 Å². The normalized spacial score (nSPS) is 11.0. The zero-order chi connectivity index (χ0) is 22.6. The van der Waals surface area contributed by atoms with E-state index in [-0.39, 0.29) is 11.3 Å². The number of anilines is 1. The average Bonchev–Trinajstić information content (AvgIpc) is 2.75. The lowest BCUT2D eigenvalue weighted by Crippen LogP contribution is -2.13. The van der Waals surface area contributed by atoms with E-state index in [0.717, 1.165) is 25.7 Å². The van der Waals surface area contributed by atoms with E-state index >= 15 is 0 Å². The Morgan fingerprint density at radius 1 is 1.16 bits per heavy atom. The summed E-state index contributed by atoms with van der Waals surface area (Å²) in [5.74, 6) is 0.440. The van der Waals surface area contributed by atoms with E-state index in [1.165, 1.54) is 18.2 Å². The highest BCUT2D eigenvalue weighted by Gasteiger charge is 2.15. The smallest absolute Gasteiger partial charge is 0.266 e. The number of nitrogens with one attached hydrogen (secondary N) is 1. The quantitative estimate of drug-likeness (QED) is 0.194. The number of carbonyl (C=O) groups is 1. The maximum atomic E-state index is 12.5. The lowest BCUT2D eigenvalue weighted by molar-refractivity contribution is -0.112. The van der Waals surface area contributed by atoms with Gasteiger partial charge in [-0.15, -0.1) is 0 Å². The largest absolute Gasteiger partial charge is 0.508 e. The Kier molecular flexibility index (Phi) is 9.73. The highest BCUT2D eigenvalue weighted by atomic mass is 35.5. The number of phenols is 1. The molecular weight excluding hydrogens is 416 g/mol. The van der Waals surface area contributed by atoms with Crippen molar-refractivity contribution < 1.29 is 19.4 Å². The first-order valence-electron chi connectivity index (χ1n) is 10.3. The number of unbranched alkanes of at least 4 members (excludes halogenated alkanes) is 3. The topological polar surface area (TPSA) is 91.6 Å². The third kappa shape index (κ3) is 7.54. The molecule has 0 heterocycles. The predicted molar refractivity (Wildman–Crippen MR) is 123 cm³/mol. The fourth-order valence-electron chi connectivity index (χ4n) is 2.84. The van der Waals surface area contributed by atoms with Crippen LogP contribution in [0.5, 0.6) is 17.2 Å². The van der Waals surface area contributed by atoms with Crippen LogP contribution in [0, 0.1) is 11.3 Å². The summed E-state index contributed by atoms with van der Waals surface area (Å²) in [5, 5.41) is 21.8. The molecule has 2 aromatic rings. The van der Waals surface area contributed by atoms with Crippen LogP contribution in [0.1, 0.15) is 45.1 Å². The fraction of sp³-hybridized carbons (Fsp3) is 0.333. The fourth-order valence-corrected chi connectivity index (χ4v) is 3.11. The van der Waals surface area contributed by atoms with Crippen molar-refractivity contribution in [3.05, 3.63) is 52.6 Å². The second-order valence-corrected chi connectivity index (χ2v) is 7.25. The van der Waals surface area contributed by atoms with Crippen molar-refractivity contribution in [2.75, 3.05) is 18.5 Å². The maximum Gasteiger partial charge on any atom is 0.266 e. The number of hydrogen-bond donors (Lipinski definition) is 2. The van der Waals surface area contributed by atoms with Crippen molar-refractivity contribution in [3.8, 4) is 23.3 Å². The second kappa shape index (κ2) is 12.5. The summed E-state index contributed by atoms with van der Waals surface area (Å²) in [4.78, 5) is 12.5. The number of nitriles is 1. The molecule has 0 spiro atoms. The van der Waals surface area contributed by atoms with Gasteiger partial charge in [0.15, 0.2) is 11.5 Å². The number of rotatable bonds is 11. The zero-order valence-electron chi connectivity index (χ0n) is 17.8. The molecule has 0 radical (unpaired) electrons. The van der Waals surface area contributed by atoms with Crippen molar-refractivity contribution in [2.45, 2.75) is 39.5 Å². The van der Waals surface area contributed by atoms with E-state index in [1.54, 1.807) is 24.3 Å². The highest BCUT2D eigenvalue weighted by molar-refractivity contribution is 6.32. The molecule has 0 aliphatic heterocycles. The van der Waals surface area contributed by atoms with Crippen molar-refractivity contribution in [3.63, 3.8) is 0 Å². The van der Waals surface area contributed by atoms with E-state index in [1.807, 2.05) is 13.0 Å². The summed E-state index contributed by atoms with van der Waals surface area (Å²) in [6.45, 7) is 4.96. The Hall–Kier alpha value is -3.17. The number of ether oxygens (including phenoxy) is 2. The van der Waals surface area contributed by atoms with Gasteiger partial charge in [0.2, 0.25) is 0 Å². The van der Waals surface area contributed by atoms with Crippen LogP contribution < -0.4 is 14.8 Å². The molecule has 0 unspecified atom stereocenters. The number of nitrogens with zero attached hydrogens (tertiary/aromatic N) is 1. The molecule has 31 heavy (non-hydrogen) atoms. The molecule has 0 atom stereocenters. The van der Waals surface area contributed by atoms with Gasteiger partial charge >= 0.3 is 0 Å². The second-order valence-electron chi connectivity index (χ2n) is 6.84. The Morgan fingerprint density at radius 3 is 2.55 bits per heavy atom. The number of amides is 1. The number of carbonyl (C=O) groups excluding carboxylic acids is 1. The van der Waals surface area contributed by atoms with Crippen molar-refractivity contribution in [2.24, 2.45) is 0 Å². The minimum absolute atomic E-state index is 0.0832. The first kappa shape index (κ1) is 24.1. The minimum Gasteiger partial charge on any atom is -0.508 e. The Balaban J connectivity index is 2.20. The first-order valence-corrected chi connectivity index (χ1v) is 10.7. The van der Waals surface area contributed by atoms with Crippen LogP contribution in [0.15, 0.2) is 42.0 Å². The molecular formula is C24H27ClN2O4. The SMILES string of the molecule is CCCCCCOc1c(Cl)cc(C=C(C#N)C(=O)Nc2ccc(O)cc2)cc1OCC. The summed E-state index contributed by atoms with van der Waals surface area (Å²) in [6.07, 6.45) is 5.75. The van der Waals surface area contributed by atoms with Crippen LogP contribution in [-0.4, -0.2) is 24.2 Å². The first-order chi connectivity index (χ1) is 15.0. The van der Waals surface area contributed by atoms with E-state index in [9.17, 15) is 15.2 Å². The number of benzene rings is 2. The number of aromatic hydroxyl groups is 1. The van der Waals surface area contributed by atoms with Crippen LogP contribution in [0.4, 0.5) is 5.69 Å². The van der Waals surface area contributed by atoms with Gasteiger partial charge in [-0.1, -0.05) is 37.8 Å². The predicted octanol–water partition coefficient (Wildman–Crippen LogP) is 5.95. The molecule has 6 nitrogen and oxygen atoms in total. The lowest BCUT2D eigenvalue weighted by atomic mass is 10.1. The number of hydrogen-bond acceptors (Lipinski definition) is 5. The Bertz CT molecular complexity index is 949. The van der Waals surface area contributed by atoms with Crippen LogP contribution in [0.3, 0.4) is 0 Å². The molecule has 1 amide bonds. The number of phenolic OH excluding ortho intramolecular Hbond substituents is 1. The Labute approximate surface area is 188 Å². The molecule has 0 aliphatic rings. The molecule has 2 rings (SSSR count). The summed E-state index contributed by atoms with van der Waals surface area (Å²) in [7, 11) is 0. The van der Waals surface area contributed by atoms with Gasteiger partial charge in [0.1, 0.15) is 17.4 Å². The lowest BCUT2D eigenvalue weighted by Gasteiger charge is -2.14. The molecule has 0 aliphatic carbocycles. The van der Waals surface area contributed by atoms with E-state index in [4.69, 9.17) is 21.1 Å². The van der Waals surface area contributed by atoms with E-state index in [2.05, 4.69) is 12.2 Å². The van der Waals surface area contributed by atoms with Crippen LogP contribution in [-0.2, 0) is 4.79 Å². The molecule has 0 bridgehead atoms. The summed E-state index contributed by atoms with van der Waals surface area (Å²) < 4.78 is 11.5. The third-order valence-electron chi connectivity index (χ3n) is 4.38. The third-order valence-corrected chi connectivity index (χ3v) is 4.66. The van der Waals surface area contributed by atoms with Gasteiger partial charge < -0.3 is 19.9 Å². The van der Waals surface area contributed by atoms with Gasteiger partial charge in [-0.05, 0) is 61.4 Å². The van der Waals surface area contributed by atoms with Gasteiger partial charge in [-0.3, -0.25) is 4.79 Å². The molecule has 2 aromatic carbocycles. The van der Waals surface area contributed by atoms with Gasteiger partial charge in [-0.25, -0.2) is 0 Å². The molecule has 164 valence electrons. The monoisotopic (exact) mass is 442 g/mol. The molecule has 2 N–H and O–H groups in total. The van der Waals surface area contributed by atoms with Crippen molar-refractivity contribution >= 4 is 29.3 Å². The standard InChI is InChI=1S/C24H27ClN2O4/c1-3-5-6-7-12-31-23-21(25)14-17(15-22(23)30-4-2)13-18(16-26)24(29)27-19-8-10-20(28)11-9-19/h8-11,13-15,28H,3-7,12H2,1-2H3,(H,27,29). The molecule has 0 aromatic heterocycles. The molecule has 0 saturated heterocycles. The van der Waals surface area contributed by atoms with E-state index in [0.29, 0.717) is 41.0 Å². The van der Waals surface area contributed by atoms with Crippen LogP contribution in [0.2, 0.25) is 5.02 Å². The number of halogens is 1. The highest BCUT2D eigenvalue weighted by Crippen LogP contribution is 2.37. The van der Waals surface area contributed by atoms with Crippen molar-refractivity contribution in [1.29, 1.82) is 5.26 Å². The van der Waals surface area contributed by atoms with E-state index < -0.39 is 5.91 Å². The minimum atomic E-state index is -0.571. The van der Waals surface area contributed by atoms with Gasteiger partial charge in [-0.2, -0.15) is 5.26 Å². The van der Waals surface area contributed by atoms with Crippen LogP contribution >= 0.6 is 11.6 Å². The molecule has 7 heteroatoms. The van der Waals surface area contributed by atoms with Gasteiger partial charge in [0.05, 0.1) is 18.2 Å². The molecule has 0 fully saturated rings. The van der Waals surface area contributed by atoms with Crippen molar-refractivity contribution in [1.82, 2.24) is 0 Å². The average molecular weight is 443 g/mol. The van der Waals surface area contributed by atoms with Gasteiger partial charge in [0.25, 0.3) is 5.91 Å². The zero-order valence-corrected chi connectivity index (χ0v) is 18.5. The van der Waals surface area contributed by atoms with Crippen LogP contribution in [0.25, 0.3) is 6.08 Å². The Morgan fingerprint density at radius 2 is 1.90 bits per heavy atom. The maximum absolute atomic E-state index is 12.5.